The number of fused-ring (bicyclic) bond motifs is 1. The normalized spacial score (nSPS) is 30.7. The van der Waals surface area contributed by atoms with E-state index in [-0.39, 0.29) is 0 Å². The molecule has 1 aromatic rings. The number of halogens is 1. The van der Waals surface area contributed by atoms with Gasteiger partial charge in [-0.15, -0.1) is 0 Å². The lowest BCUT2D eigenvalue weighted by molar-refractivity contribution is 0.111. The summed E-state index contributed by atoms with van der Waals surface area (Å²) in [5.41, 5.74) is 1.41. The minimum Gasteiger partial charge on any atom is -0.316 e. The van der Waals surface area contributed by atoms with E-state index in [1.165, 1.54) is 50.5 Å². The van der Waals surface area contributed by atoms with Crippen molar-refractivity contribution in [1.29, 1.82) is 0 Å². The number of likely N-dealkylation sites (N-methyl/N-ethyl adjacent to an activating group) is 1. The van der Waals surface area contributed by atoms with E-state index < -0.39 is 0 Å². The summed E-state index contributed by atoms with van der Waals surface area (Å²) in [4.78, 5) is 0. The molecule has 3 rings (SSSR count). The molecular weight excluding hydrogens is 278 g/mol. The van der Waals surface area contributed by atoms with Gasteiger partial charge in [-0.05, 0) is 68.2 Å². The van der Waals surface area contributed by atoms with Gasteiger partial charge in [-0.2, -0.15) is 0 Å². The number of rotatable bonds is 4. The van der Waals surface area contributed by atoms with Crippen molar-refractivity contribution in [2.24, 2.45) is 17.8 Å². The van der Waals surface area contributed by atoms with Crippen molar-refractivity contribution in [3.63, 3.8) is 0 Å². The average molecular weight is 306 g/mol. The molecule has 0 heterocycles. The van der Waals surface area contributed by atoms with Crippen LogP contribution in [0, 0.1) is 17.8 Å². The fourth-order valence-corrected chi connectivity index (χ4v) is 4.78. The quantitative estimate of drug-likeness (QED) is 0.818. The lowest BCUT2D eigenvalue weighted by Gasteiger charge is -2.42. The summed E-state index contributed by atoms with van der Waals surface area (Å²) in [6.45, 7) is 0. The van der Waals surface area contributed by atoms with Crippen molar-refractivity contribution in [3.8, 4) is 0 Å². The molecule has 1 N–H and O–H groups in total. The molecule has 4 unspecified atom stereocenters. The highest BCUT2D eigenvalue weighted by Gasteiger charge is 2.34. The number of hydrogen-bond donors (Lipinski definition) is 1. The summed E-state index contributed by atoms with van der Waals surface area (Å²) in [7, 11) is 2.13. The molecule has 116 valence electrons. The van der Waals surface area contributed by atoms with E-state index in [0.29, 0.717) is 6.04 Å². The van der Waals surface area contributed by atoms with Crippen molar-refractivity contribution in [1.82, 2.24) is 5.32 Å². The van der Waals surface area contributed by atoms with Crippen molar-refractivity contribution in [2.75, 3.05) is 7.05 Å². The van der Waals surface area contributed by atoms with Crippen molar-refractivity contribution in [3.05, 3.63) is 34.9 Å². The van der Waals surface area contributed by atoms with Gasteiger partial charge in [-0.3, -0.25) is 0 Å². The third-order valence-electron chi connectivity index (χ3n) is 5.89. The summed E-state index contributed by atoms with van der Waals surface area (Å²) < 4.78 is 0. The van der Waals surface area contributed by atoms with Crippen molar-refractivity contribution >= 4 is 11.6 Å². The Kier molecular flexibility index (Phi) is 5.24. The third kappa shape index (κ3) is 3.81. The van der Waals surface area contributed by atoms with Crippen LogP contribution in [0.1, 0.15) is 50.5 Å². The van der Waals surface area contributed by atoms with Crippen molar-refractivity contribution in [2.45, 2.75) is 57.4 Å². The van der Waals surface area contributed by atoms with E-state index in [0.717, 1.165) is 29.2 Å². The molecule has 0 aliphatic heterocycles. The molecular formula is C19H28ClN. The monoisotopic (exact) mass is 305 g/mol. The van der Waals surface area contributed by atoms with Gasteiger partial charge in [-0.25, -0.2) is 0 Å². The Morgan fingerprint density at radius 1 is 1.05 bits per heavy atom. The van der Waals surface area contributed by atoms with E-state index in [9.17, 15) is 0 Å². The van der Waals surface area contributed by atoms with E-state index in [1.807, 2.05) is 12.1 Å². The Labute approximate surface area is 134 Å². The van der Waals surface area contributed by atoms with Crippen LogP contribution in [0.2, 0.25) is 5.02 Å². The topological polar surface area (TPSA) is 12.0 Å². The Balaban J connectivity index is 1.61. The molecule has 2 saturated carbocycles. The Bertz CT molecular complexity index is 441. The second-order valence-electron chi connectivity index (χ2n) is 7.10. The van der Waals surface area contributed by atoms with Gasteiger partial charge in [0, 0.05) is 11.1 Å². The zero-order chi connectivity index (χ0) is 14.7. The highest BCUT2D eigenvalue weighted by molar-refractivity contribution is 6.30. The van der Waals surface area contributed by atoms with Crippen LogP contribution in [0.3, 0.4) is 0 Å². The minimum absolute atomic E-state index is 0.619. The fourth-order valence-electron chi connectivity index (χ4n) is 4.65. The van der Waals surface area contributed by atoms with Crippen LogP contribution in [0.5, 0.6) is 0 Å². The second-order valence-corrected chi connectivity index (χ2v) is 7.54. The third-order valence-corrected chi connectivity index (χ3v) is 6.14. The highest BCUT2D eigenvalue weighted by Crippen LogP contribution is 2.43. The van der Waals surface area contributed by atoms with Crippen LogP contribution < -0.4 is 5.32 Å². The van der Waals surface area contributed by atoms with E-state index in [2.05, 4.69) is 24.5 Å². The lowest BCUT2D eigenvalue weighted by atomic mass is 9.65. The van der Waals surface area contributed by atoms with E-state index >= 15 is 0 Å². The fraction of sp³-hybridized carbons (Fsp3) is 0.684. The lowest BCUT2D eigenvalue weighted by Crippen LogP contribution is -2.40. The molecule has 2 aliphatic carbocycles. The zero-order valence-electron chi connectivity index (χ0n) is 13.2. The van der Waals surface area contributed by atoms with Crippen LogP contribution in [0.4, 0.5) is 0 Å². The minimum atomic E-state index is 0.619. The molecule has 0 bridgehead atoms. The van der Waals surface area contributed by atoms with E-state index in [4.69, 9.17) is 11.6 Å². The second kappa shape index (κ2) is 7.15. The maximum absolute atomic E-state index is 5.99. The summed E-state index contributed by atoms with van der Waals surface area (Å²) in [6, 6.07) is 9.01. The first-order valence-corrected chi connectivity index (χ1v) is 9.05. The molecule has 0 aromatic heterocycles. The van der Waals surface area contributed by atoms with E-state index in [1.54, 1.807) is 0 Å². The smallest absolute Gasteiger partial charge is 0.0406 e. The van der Waals surface area contributed by atoms with Gasteiger partial charge in [-0.1, -0.05) is 49.4 Å². The number of nitrogens with one attached hydrogen (secondary N) is 1. The van der Waals surface area contributed by atoms with Crippen LogP contribution in [-0.4, -0.2) is 13.1 Å². The maximum Gasteiger partial charge on any atom is 0.0406 e. The van der Waals surface area contributed by atoms with Gasteiger partial charge < -0.3 is 5.32 Å². The predicted octanol–water partition coefficient (Wildman–Crippen LogP) is 5.08. The van der Waals surface area contributed by atoms with Gasteiger partial charge in [0.2, 0.25) is 0 Å². The summed E-state index contributed by atoms with van der Waals surface area (Å²) in [5, 5.41) is 4.43. The Morgan fingerprint density at radius 2 is 1.76 bits per heavy atom. The molecule has 0 radical (unpaired) electrons. The van der Waals surface area contributed by atoms with Crippen LogP contribution in [0.15, 0.2) is 24.3 Å². The molecule has 1 nitrogen and oxygen atoms in total. The molecule has 0 amide bonds. The SMILES string of the molecule is CNC(Cc1ccc(Cl)cc1)C1CCC2CCCCC2C1. The first-order chi connectivity index (χ1) is 10.3. The van der Waals surface area contributed by atoms with Crippen LogP contribution >= 0.6 is 11.6 Å². The molecule has 0 saturated heterocycles. The average Bonchev–Trinajstić information content (AvgIpc) is 2.54. The standard InChI is InChI=1S/C19H28ClN/c1-21-19(12-14-6-10-18(20)11-7-14)17-9-8-15-4-2-3-5-16(15)13-17/h6-7,10-11,15-17,19,21H,2-5,8-9,12-13H2,1H3. The summed E-state index contributed by atoms with van der Waals surface area (Å²) in [5.74, 6) is 2.91. The van der Waals surface area contributed by atoms with Gasteiger partial charge >= 0.3 is 0 Å². The van der Waals surface area contributed by atoms with Gasteiger partial charge in [0.1, 0.15) is 0 Å². The largest absolute Gasteiger partial charge is 0.316 e. The van der Waals surface area contributed by atoms with Gasteiger partial charge in [0.05, 0.1) is 0 Å². The zero-order valence-corrected chi connectivity index (χ0v) is 13.9. The Morgan fingerprint density at radius 3 is 2.48 bits per heavy atom. The summed E-state index contributed by atoms with van der Waals surface area (Å²) in [6.07, 6.45) is 11.4. The van der Waals surface area contributed by atoms with Crippen LogP contribution in [-0.2, 0) is 6.42 Å². The van der Waals surface area contributed by atoms with Crippen molar-refractivity contribution < 1.29 is 0 Å². The maximum atomic E-state index is 5.99. The number of hydrogen-bond acceptors (Lipinski definition) is 1. The molecule has 2 aliphatic rings. The molecule has 2 fully saturated rings. The predicted molar refractivity (Wildman–Crippen MR) is 90.8 cm³/mol. The first kappa shape index (κ1) is 15.4. The first-order valence-electron chi connectivity index (χ1n) is 8.68. The molecule has 1 aromatic carbocycles. The van der Waals surface area contributed by atoms with Gasteiger partial charge in [0.15, 0.2) is 0 Å². The van der Waals surface area contributed by atoms with Crippen LogP contribution in [0.25, 0.3) is 0 Å². The van der Waals surface area contributed by atoms with Gasteiger partial charge in [0.25, 0.3) is 0 Å². The molecule has 0 spiro atoms. The summed E-state index contributed by atoms with van der Waals surface area (Å²) >= 11 is 5.99. The molecule has 21 heavy (non-hydrogen) atoms. The Hall–Kier alpha value is -0.530. The molecule has 4 atom stereocenters. The highest BCUT2D eigenvalue weighted by atomic mass is 35.5. The number of benzene rings is 1. The molecule has 2 heteroatoms.